The van der Waals surface area contributed by atoms with Crippen LogP contribution in [0.5, 0.6) is 0 Å². The number of rotatable bonds is 5. The fraction of sp³-hybridized carbons (Fsp3) is 0.909. The standard InChI is InChI=1S/C11H22N2OS/c1-9-5-3-6-10(9)13-11(15)12-7-4-8-14-2/h9-10H,3-8H2,1-2H3,(H2,12,13,15). The predicted octanol–water partition coefficient (Wildman–Crippen LogP) is 1.68. The highest BCUT2D eigenvalue weighted by Crippen LogP contribution is 2.24. The zero-order valence-electron chi connectivity index (χ0n) is 9.71. The summed E-state index contributed by atoms with van der Waals surface area (Å²) in [6, 6.07) is 0.576. The van der Waals surface area contributed by atoms with Gasteiger partial charge in [-0.05, 0) is 37.4 Å². The highest BCUT2D eigenvalue weighted by molar-refractivity contribution is 7.80. The molecule has 0 saturated heterocycles. The van der Waals surface area contributed by atoms with Crippen LogP contribution in [0, 0.1) is 5.92 Å². The summed E-state index contributed by atoms with van der Waals surface area (Å²) >= 11 is 5.23. The van der Waals surface area contributed by atoms with Crippen LogP contribution in [0.15, 0.2) is 0 Å². The molecule has 15 heavy (non-hydrogen) atoms. The molecule has 0 aromatic carbocycles. The molecule has 1 fully saturated rings. The van der Waals surface area contributed by atoms with Crippen molar-refractivity contribution in [2.75, 3.05) is 20.3 Å². The summed E-state index contributed by atoms with van der Waals surface area (Å²) < 4.78 is 4.97. The van der Waals surface area contributed by atoms with E-state index in [4.69, 9.17) is 17.0 Å². The lowest BCUT2D eigenvalue weighted by Crippen LogP contribution is -2.43. The molecule has 0 spiro atoms. The first-order chi connectivity index (χ1) is 7.24. The Morgan fingerprint density at radius 3 is 2.87 bits per heavy atom. The zero-order valence-corrected chi connectivity index (χ0v) is 10.5. The average Bonchev–Trinajstić information content (AvgIpc) is 2.59. The molecule has 0 bridgehead atoms. The van der Waals surface area contributed by atoms with E-state index in [0.717, 1.165) is 30.6 Å². The molecule has 1 aliphatic rings. The average molecular weight is 230 g/mol. The Hall–Kier alpha value is -0.350. The second kappa shape index (κ2) is 7.01. The molecule has 2 unspecified atom stereocenters. The molecule has 0 aromatic rings. The van der Waals surface area contributed by atoms with Crippen molar-refractivity contribution >= 4 is 17.3 Å². The molecular weight excluding hydrogens is 208 g/mol. The minimum atomic E-state index is 0.576. The van der Waals surface area contributed by atoms with Gasteiger partial charge in [0.05, 0.1) is 0 Å². The van der Waals surface area contributed by atoms with Crippen molar-refractivity contribution in [3.8, 4) is 0 Å². The highest BCUT2D eigenvalue weighted by Gasteiger charge is 2.23. The second-order valence-corrected chi connectivity index (χ2v) is 4.67. The van der Waals surface area contributed by atoms with Crippen molar-refractivity contribution in [1.82, 2.24) is 10.6 Å². The number of ether oxygens (including phenoxy) is 1. The van der Waals surface area contributed by atoms with Crippen LogP contribution in [0.3, 0.4) is 0 Å². The SMILES string of the molecule is COCCCNC(=S)NC1CCCC1C. The number of thiocarbonyl (C=S) groups is 1. The van der Waals surface area contributed by atoms with E-state index in [1.165, 1.54) is 19.3 Å². The molecular formula is C11H22N2OS. The first-order valence-electron chi connectivity index (χ1n) is 5.77. The van der Waals surface area contributed by atoms with Gasteiger partial charge in [0.15, 0.2) is 5.11 Å². The molecule has 1 rings (SSSR count). The van der Waals surface area contributed by atoms with Gasteiger partial charge in [0, 0.05) is 26.3 Å². The Morgan fingerprint density at radius 2 is 2.27 bits per heavy atom. The lowest BCUT2D eigenvalue weighted by Gasteiger charge is -2.19. The summed E-state index contributed by atoms with van der Waals surface area (Å²) in [5, 5.41) is 7.39. The Labute approximate surface area is 98.0 Å². The van der Waals surface area contributed by atoms with Gasteiger partial charge in [0.2, 0.25) is 0 Å². The fourth-order valence-corrected chi connectivity index (χ4v) is 2.25. The Kier molecular flexibility index (Phi) is 5.95. The van der Waals surface area contributed by atoms with Crippen LogP contribution < -0.4 is 10.6 Å². The van der Waals surface area contributed by atoms with Gasteiger partial charge in [-0.15, -0.1) is 0 Å². The molecule has 2 atom stereocenters. The molecule has 0 radical (unpaired) electrons. The smallest absolute Gasteiger partial charge is 0.166 e. The van der Waals surface area contributed by atoms with Crippen molar-refractivity contribution in [3.05, 3.63) is 0 Å². The summed E-state index contributed by atoms with van der Waals surface area (Å²) in [4.78, 5) is 0. The molecule has 0 aliphatic heterocycles. The van der Waals surface area contributed by atoms with Gasteiger partial charge in [0.1, 0.15) is 0 Å². The van der Waals surface area contributed by atoms with E-state index in [9.17, 15) is 0 Å². The van der Waals surface area contributed by atoms with Gasteiger partial charge < -0.3 is 15.4 Å². The largest absolute Gasteiger partial charge is 0.385 e. The Bertz CT molecular complexity index is 199. The molecule has 0 aromatic heterocycles. The van der Waals surface area contributed by atoms with E-state index >= 15 is 0 Å². The van der Waals surface area contributed by atoms with Crippen molar-refractivity contribution in [2.45, 2.75) is 38.6 Å². The third-order valence-electron chi connectivity index (χ3n) is 2.99. The van der Waals surface area contributed by atoms with Crippen LogP contribution in [-0.2, 0) is 4.74 Å². The van der Waals surface area contributed by atoms with Gasteiger partial charge in [-0.3, -0.25) is 0 Å². The second-order valence-electron chi connectivity index (χ2n) is 4.26. The van der Waals surface area contributed by atoms with E-state index in [0.29, 0.717) is 6.04 Å². The summed E-state index contributed by atoms with van der Waals surface area (Å²) in [6.45, 7) is 3.97. The van der Waals surface area contributed by atoms with Crippen LogP contribution in [0.25, 0.3) is 0 Å². The number of methoxy groups -OCH3 is 1. The molecule has 0 heterocycles. The molecule has 2 N–H and O–H groups in total. The molecule has 1 saturated carbocycles. The van der Waals surface area contributed by atoms with Crippen molar-refractivity contribution < 1.29 is 4.74 Å². The van der Waals surface area contributed by atoms with Crippen LogP contribution in [0.4, 0.5) is 0 Å². The molecule has 3 nitrogen and oxygen atoms in total. The fourth-order valence-electron chi connectivity index (χ4n) is 2.00. The highest BCUT2D eigenvalue weighted by atomic mass is 32.1. The lowest BCUT2D eigenvalue weighted by atomic mass is 10.1. The third-order valence-corrected chi connectivity index (χ3v) is 3.25. The summed E-state index contributed by atoms with van der Waals surface area (Å²) in [5.41, 5.74) is 0. The predicted molar refractivity (Wildman–Crippen MR) is 67.0 cm³/mol. The molecule has 1 aliphatic carbocycles. The van der Waals surface area contributed by atoms with Gasteiger partial charge in [-0.25, -0.2) is 0 Å². The molecule has 88 valence electrons. The maximum Gasteiger partial charge on any atom is 0.166 e. The quantitative estimate of drug-likeness (QED) is 0.556. The lowest BCUT2D eigenvalue weighted by molar-refractivity contribution is 0.195. The van der Waals surface area contributed by atoms with E-state index < -0.39 is 0 Å². The maximum absolute atomic E-state index is 5.23. The monoisotopic (exact) mass is 230 g/mol. The van der Waals surface area contributed by atoms with Crippen molar-refractivity contribution in [3.63, 3.8) is 0 Å². The number of hydrogen-bond acceptors (Lipinski definition) is 2. The Morgan fingerprint density at radius 1 is 1.47 bits per heavy atom. The van der Waals surface area contributed by atoms with E-state index in [2.05, 4.69) is 17.6 Å². The van der Waals surface area contributed by atoms with Crippen LogP contribution in [0.1, 0.15) is 32.6 Å². The van der Waals surface area contributed by atoms with Crippen molar-refractivity contribution in [2.24, 2.45) is 5.92 Å². The van der Waals surface area contributed by atoms with E-state index in [-0.39, 0.29) is 0 Å². The van der Waals surface area contributed by atoms with Crippen LogP contribution in [0.2, 0.25) is 0 Å². The van der Waals surface area contributed by atoms with Gasteiger partial charge in [0.25, 0.3) is 0 Å². The minimum Gasteiger partial charge on any atom is -0.385 e. The normalized spacial score (nSPS) is 25.2. The topological polar surface area (TPSA) is 33.3 Å². The third kappa shape index (κ3) is 4.80. The summed E-state index contributed by atoms with van der Waals surface area (Å²) in [7, 11) is 1.72. The van der Waals surface area contributed by atoms with E-state index in [1.807, 2.05) is 0 Å². The Balaban J connectivity index is 2.07. The van der Waals surface area contributed by atoms with Gasteiger partial charge >= 0.3 is 0 Å². The summed E-state index contributed by atoms with van der Waals surface area (Å²) in [6.07, 6.45) is 4.90. The van der Waals surface area contributed by atoms with Crippen LogP contribution >= 0.6 is 12.2 Å². The number of hydrogen-bond donors (Lipinski definition) is 2. The minimum absolute atomic E-state index is 0.576. The first-order valence-corrected chi connectivity index (χ1v) is 6.18. The zero-order chi connectivity index (χ0) is 11.1. The van der Waals surface area contributed by atoms with Crippen LogP contribution in [-0.4, -0.2) is 31.4 Å². The number of nitrogens with one attached hydrogen (secondary N) is 2. The maximum atomic E-state index is 5.23. The first kappa shape index (κ1) is 12.7. The molecule has 4 heteroatoms. The molecule has 0 amide bonds. The van der Waals surface area contributed by atoms with Gasteiger partial charge in [-0.1, -0.05) is 13.3 Å². The van der Waals surface area contributed by atoms with Gasteiger partial charge in [-0.2, -0.15) is 0 Å². The van der Waals surface area contributed by atoms with E-state index in [1.54, 1.807) is 7.11 Å². The summed E-state index contributed by atoms with van der Waals surface area (Å²) in [5.74, 6) is 0.753. The van der Waals surface area contributed by atoms with Crippen molar-refractivity contribution in [1.29, 1.82) is 0 Å².